The highest BCUT2D eigenvalue weighted by Crippen LogP contribution is 2.38. The Labute approximate surface area is 94.0 Å². The zero-order chi connectivity index (χ0) is 11.1. The molecule has 0 aliphatic heterocycles. The zero-order valence-electron chi connectivity index (χ0n) is 8.74. The lowest BCUT2D eigenvalue weighted by molar-refractivity contribution is -0.140. The summed E-state index contributed by atoms with van der Waals surface area (Å²) in [5, 5.41) is 0. The largest absolute Gasteiger partial charge is 0.298 e. The van der Waals surface area contributed by atoms with Crippen molar-refractivity contribution in [1.29, 1.82) is 0 Å². The summed E-state index contributed by atoms with van der Waals surface area (Å²) in [7, 11) is 0. The van der Waals surface area contributed by atoms with Gasteiger partial charge in [-0.1, -0.05) is 48.6 Å². The average Bonchev–Trinajstić information content (AvgIpc) is 2.48. The lowest BCUT2D eigenvalue weighted by Gasteiger charge is -2.32. The Morgan fingerprint density at radius 3 is 1.06 bits per heavy atom. The molecule has 0 heterocycles. The predicted octanol–water partition coefficient (Wildman–Crippen LogP) is 1.85. The van der Waals surface area contributed by atoms with Gasteiger partial charge in [0.25, 0.3) is 0 Å². The quantitative estimate of drug-likeness (QED) is 0.614. The molecule has 0 spiro atoms. The number of carbonyl (C=O) groups is 2. The highest BCUT2D eigenvalue weighted by Gasteiger charge is 2.46. The summed E-state index contributed by atoms with van der Waals surface area (Å²) in [5.41, 5.74) is 0. The molecule has 0 aromatic carbocycles. The van der Waals surface area contributed by atoms with Crippen molar-refractivity contribution in [2.24, 2.45) is 23.7 Å². The van der Waals surface area contributed by atoms with E-state index in [1.54, 1.807) is 0 Å². The molecule has 3 aliphatic carbocycles. The van der Waals surface area contributed by atoms with Crippen molar-refractivity contribution in [3.63, 3.8) is 0 Å². The lowest BCUT2D eigenvalue weighted by Crippen LogP contribution is -2.44. The van der Waals surface area contributed by atoms with Gasteiger partial charge in [0.15, 0.2) is 0 Å². The number of allylic oxidation sites excluding steroid dienone is 8. The van der Waals surface area contributed by atoms with Crippen LogP contribution in [0.3, 0.4) is 0 Å². The molecule has 0 aromatic heterocycles. The monoisotopic (exact) mass is 212 g/mol. The molecule has 0 radical (unpaired) electrons. The van der Waals surface area contributed by atoms with E-state index in [4.69, 9.17) is 0 Å². The fourth-order valence-electron chi connectivity index (χ4n) is 2.75. The first-order chi connectivity index (χ1) is 7.79. The van der Waals surface area contributed by atoms with Gasteiger partial charge < -0.3 is 0 Å². The van der Waals surface area contributed by atoms with Gasteiger partial charge in [0.2, 0.25) is 0 Å². The van der Waals surface area contributed by atoms with Crippen LogP contribution >= 0.6 is 0 Å². The lowest BCUT2D eigenvalue weighted by atomic mass is 9.67. The van der Waals surface area contributed by atoms with Crippen LogP contribution in [0.1, 0.15) is 0 Å². The van der Waals surface area contributed by atoms with Crippen molar-refractivity contribution in [2.45, 2.75) is 0 Å². The molecule has 3 aliphatic rings. The molecule has 1 saturated carbocycles. The molecular weight excluding hydrogens is 200 g/mol. The molecule has 0 aromatic rings. The molecule has 0 amide bonds. The van der Waals surface area contributed by atoms with E-state index in [9.17, 15) is 9.59 Å². The van der Waals surface area contributed by atoms with Gasteiger partial charge in [-0.05, 0) is 0 Å². The van der Waals surface area contributed by atoms with Crippen molar-refractivity contribution in [3.8, 4) is 0 Å². The molecular formula is C14H12O2. The van der Waals surface area contributed by atoms with Crippen LogP contribution in [0.5, 0.6) is 0 Å². The molecule has 0 saturated heterocycles. The predicted molar refractivity (Wildman–Crippen MR) is 60.5 cm³/mol. The van der Waals surface area contributed by atoms with Gasteiger partial charge >= 0.3 is 0 Å². The van der Waals surface area contributed by atoms with E-state index in [-0.39, 0.29) is 35.2 Å². The van der Waals surface area contributed by atoms with E-state index in [0.717, 1.165) is 0 Å². The maximum Gasteiger partial charge on any atom is 0.148 e. The van der Waals surface area contributed by atoms with Gasteiger partial charge in [-0.3, -0.25) is 9.59 Å². The third-order valence-electron chi connectivity index (χ3n) is 3.58. The summed E-state index contributed by atoms with van der Waals surface area (Å²) in [6.07, 6.45) is 14.9. The molecule has 4 atom stereocenters. The second-order valence-electron chi connectivity index (χ2n) is 4.45. The highest BCUT2D eigenvalue weighted by molar-refractivity contribution is 6.03. The van der Waals surface area contributed by atoms with Gasteiger partial charge in [0.1, 0.15) is 11.6 Å². The number of ketones is 2. The maximum absolute atomic E-state index is 12.2. The van der Waals surface area contributed by atoms with Crippen LogP contribution in [0, 0.1) is 23.7 Å². The molecule has 0 N–H and O–H groups in total. The Morgan fingerprint density at radius 2 is 0.812 bits per heavy atom. The molecule has 2 nitrogen and oxygen atoms in total. The fraction of sp³-hybridized carbons (Fsp3) is 0.286. The Morgan fingerprint density at radius 1 is 0.562 bits per heavy atom. The number of hydrogen-bond acceptors (Lipinski definition) is 2. The normalized spacial score (nSPS) is 39.8. The van der Waals surface area contributed by atoms with Gasteiger partial charge in [0.05, 0.1) is 0 Å². The molecule has 0 unspecified atom stereocenters. The molecule has 3 rings (SSSR count). The third-order valence-corrected chi connectivity index (χ3v) is 3.58. The summed E-state index contributed by atoms with van der Waals surface area (Å²) >= 11 is 0. The molecule has 1 fully saturated rings. The van der Waals surface area contributed by atoms with Crippen LogP contribution in [0.4, 0.5) is 0 Å². The number of fused-ring (bicyclic) bond motifs is 6. The van der Waals surface area contributed by atoms with Crippen LogP contribution in [-0.4, -0.2) is 11.6 Å². The van der Waals surface area contributed by atoms with E-state index in [0.29, 0.717) is 0 Å². The fourth-order valence-corrected chi connectivity index (χ4v) is 2.75. The molecule has 80 valence electrons. The van der Waals surface area contributed by atoms with E-state index in [2.05, 4.69) is 0 Å². The van der Waals surface area contributed by atoms with Crippen molar-refractivity contribution < 1.29 is 9.59 Å². The van der Waals surface area contributed by atoms with Crippen molar-refractivity contribution in [1.82, 2.24) is 0 Å². The van der Waals surface area contributed by atoms with E-state index in [1.165, 1.54) is 0 Å². The van der Waals surface area contributed by atoms with Crippen LogP contribution in [0.25, 0.3) is 0 Å². The van der Waals surface area contributed by atoms with Crippen molar-refractivity contribution >= 4 is 11.6 Å². The Bertz CT molecular complexity index is 381. The minimum absolute atomic E-state index is 0.177. The number of rotatable bonds is 0. The first-order valence-electron chi connectivity index (χ1n) is 5.56. The number of hydrogen-bond donors (Lipinski definition) is 0. The zero-order valence-corrected chi connectivity index (χ0v) is 8.74. The Balaban J connectivity index is 2.16. The van der Waals surface area contributed by atoms with Gasteiger partial charge in [-0.15, -0.1) is 0 Å². The van der Waals surface area contributed by atoms with Crippen LogP contribution in [0.2, 0.25) is 0 Å². The summed E-state index contributed by atoms with van der Waals surface area (Å²) in [6, 6.07) is 0. The minimum Gasteiger partial charge on any atom is -0.298 e. The van der Waals surface area contributed by atoms with E-state index >= 15 is 0 Å². The van der Waals surface area contributed by atoms with Crippen LogP contribution in [-0.2, 0) is 9.59 Å². The van der Waals surface area contributed by atoms with Gasteiger partial charge in [-0.25, -0.2) is 0 Å². The third kappa shape index (κ3) is 1.19. The Kier molecular flexibility index (Phi) is 2.03. The minimum atomic E-state index is -0.264. The van der Waals surface area contributed by atoms with Crippen molar-refractivity contribution in [2.75, 3.05) is 0 Å². The second-order valence-corrected chi connectivity index (χ2v) is 4.45. The van der Waals surface area contributed by atoms with Crippen LogP contribution in [0.15, 0.2) is 48.6 Å². The molecule has 4 bridgehead atoms. The number of carbonyl (C=O) groups excluding carboxylic acids is 2. The summed E-state index contributed by atoms with van der Waals surface area (Å²) in [6.45, 7) is 0. The van der Waals surface area contributed by atoms with Gasteiger partial charge in [0, 0.05) is 23.7 Å². The standard InChI is InChI=1S/C14H12O2/c15-13-9-5-1-2-6-10(13)12-8-4-3-7-11(9)14(12)16/h1-12H/t9-,10+,11-,12+. The van der Waals surface area contributed by atoms with Crippen molar-refractivity contribution in [3.05, 3.63) is 48.6 Å². The SMILES string of the molecule is O=C1[C@H]2C=CC=C[C@@H]1[C@H]1C=CC=C[C@@H]2C1=O. The summed E-state index contributed by atoms with van der Waals surface area (Å²) in [5.74, 6) is -0.703. The molecule has 2 heteroatoms. The van der Waals surface area contributed by atoms with E-state index in [1.807, 2.05) is 48.6 Å². The number of Topliss-reactive ketones (excluding diaryl/α,β-unsaturated/α-hetero) is 2. The first kappa shape index (κ1) is 9.52. The second kappa shape index (κ2) is 3.41. The topological polar surface area (TPSA) is 34.1 Å². The maximum atomic E-state index is 12.2. The Hall–Kier alpha value is -1.70. The first-order valence-corrected chi connectivity index (χ1v) is 5.56. The smallest absolute Gasteiger partial charge is 0.148 e. The summed E-state index contributed by atoms with van der Waals surface area (Å²) in [4.78, 5) is 24.4. The molecule has 16 heavy (non-hydrogen) atoms. The van der Waals surface area contributed by atoms with Gasteiger partial charge in [-0.2, -0.15) is 0 Å². The van der Waals surface area contributed by atoms with Crippen LogP contribution < -0.4 is 0 Å². The van der Waals surface area contributed by atoms with E-state index < -0.39 is 0 Å². The summed E-state index contributed by atoms with van der Waals surface area (Å²) < 4.78 is 0. The highest BCUT2D eigenvalue weighted by atomic mass is 16.1. The average molecular weight is 212 g/mol.